The molecule has 0 spiro atoms. The molecule has 1 amide bonds. The third kappa shape index (κ3) is 7.56. The molecule has 1 atom stereocenters. The van der Waals surface area contributed by atoms with Crippen LogP contribution in [-0.4, -0.2) is 29.1 Å². The monoisotopic (exact) mass is 313 g/mol. The predicted octanol–water partition coefficient (Wildman–Crippen LogP) is 3.17. The van der Waals surface area contributed by atoms with Gasteiger partial charge in [0.25, 0.3) is 0 Å². The van der Waals surface area contributed by atoms with E-state index in [9.17, 15) is 9.59 Å². The molecule has 0 bridgehead atoms. The van der Waals surface area contributed by atoms with E-state index in [1.165, 1.54) is 0 Å². The smallest absolute Gasteiger partial charge is 0.408 e. The summed E-state index contributed by atoms with van der Waals surface area (Å²) in [7, 11) is 0. The Morgan fingerprint density at radius 2 is 1.90 bits per heavy atom. The third-order valence-corrected chi connectivity index (χ3v) is 3.20. The van der Waals surface area contributed by atoms with Crippen molar-refractivity contribution < 1.29 is 19.4 Å². The van der Waals surface area contributed by atoms with E-state index in [1.54, 1.807) is 0 Å². The molecule has 21 heavy (non-hydrogen) atoms. The summed E-state index contributed by atoms with van der Waals surface area (Å²) in [5.74, 6) is -0.498. The highest BCUT2D eigenvalue weighted by Gasteiger charge is 2.20. The van der Waals surface area contributed by atoms with E-state index in [0.717, 1.165) is 18.4 Å². The van der Waals surface area contributed by atoms with E-state index in [2.05, 4.69) is 5.32 Å². The van der Waals surface area contributed by atoms with Crippen LogP contribution in [0.25, 0.3) is 0 Å². The molecular formula is C15H20ClNO4. The zero-order valence-electron chi connectivity index (χ0n) is 11.8. The average Bonchev–Trinajstić information content (AvgIpc) is 2.49. The summed E-state index contributed by atoms with van der Waals surface area (Å²) < 4.78 is 5.00. The van der Waals surface area contributed by atoms with E-state index in [-0.39, 0.29) is 6.61 Å². The van der Waals surface area contributed by atoms with Gasteiger partial charge in [0.05, 0.1) is 0 Å². The van der Waals surface area contributed by atoms with Crippen LogP contribution < -0.4 is 5.32 Å². The minimum Gasteiger partial charge on any atom is -0.480 e. The lowest BCUT2D eigenvalue weighted by Gasteiger charge is -2.14. The first-order chi connectivity index (χ1) is 10.1. The Hall–Kier alpha value is -1.75. The van der Waals surface area contributed by atoms with Crippen LogP contribution in [0.5, 0.6) is 0 Å². The molecule has 0 radical (unpaired) electrons. The van der Waals surface area contributed by atoms with Crippen LogP contribution in [0.3, 0.4) is 0 Å². The van der Waals surface area contributed by atoms with Gasteiger partial charge < -0.3 is 15.2 Å². The number of ether oxygens (including phenoxy) is 1. The second kappa shape index (κ2) is 10.0. The normalized spacial score (nSPS) is 11.7. The lowest BCUT2D eigenvalue weighted by Crippen LogP contribution is -2.41. The van der Waals surface area contributed by atoms with Crippen LogP contribution >= 0.6 is 11.6 Å². The number of aliphatic carboxylic acids is 1. The van der Waals surface area contributed by atoms with E-state index < -0.39 is 18.1 Å². The summed E-state index contributed by atoms with van der Waals surface area (Å²) in [4.78, 5) is 22.7. The molecule has 0 saturated carbocycles. The molecule has 0 aliphatic heterocycles. The molecule has 1 aromatic rings. The standard InChI is InChI=1S/C15H20ClNO4/c16-10-6-2-5-9-13(14(18)19)17-15(20)21-11-12-7-3-1-4-8-12/h1,3-4,7-8,13H,2,5-6,9-11H2,(H,17,20)(H,18,19). The number of carbonyl (C=O) groups is 2. The first-order valence-electron chi connectivity index (χ1n) is 6.89. The number of alkyl carbamates (subject to hydrolysis) is 1. The number of rotatable bonds is 9. The second-order valence-corrected chi connectivity index (χ2v) is 5.01. The van der Waals surface area contributed by atoms with Crippen molar-refractivity contribution in [3.8, 4) is 0 Å². The molecule has 0 fully saturated rings. The molecule has 1 unspecified atom stereocenters. The van der Waals surface area contributed by atoms with Crippen molar-refractivity contribution in [3.05, 3.63) is 35.9 Å². The lowest BCUT2D eigenvalue weighted by molar-refractivity contribution is -0.139. The van der Waals surface area contributed by atoms with Crippen LogP contribution in [0.4, 0.5) is 4.79 Å². The molecule has 0 aromatic heterocycles. The van der Waals surface area contributed by atoms with Gasteiger partial charge in [-0.2, -0.15) is 0 Å². The van der Waals surface area contributed by atoms with Crippen molar-refractivity contribution in [2.24, 2.45) is 0 Å². The van der Waals surface area contributed by atoms with E-state index in [1.807, 2.05) is 30.3 Å². The molecule has 1 aromatic carbocycles. The number of unbranched alkanes of at least 4 members (excludes halogenated alkanes) is 2. The highest BCUT2D eigenvalue weighted by molar-refractivity contribution is 6.17. The minimum absolute atomic E-state index is 0.116. The minimum atomic E-state index is -1.06. The van der Waals surface area contributed by atoms with Crippen LogP contribution in [0.1, 0.15) is 31.2 Å². The second-order valence-electron chi connectivity index (χ2n) is 4.64. The van der Waals surface area contributed by atoms with Gasteiger partial charge in [-0.15, -0.1) is 11.6 Å². The summed E-state index contributed by atoms with van der Waals surface area (Å²) in [6.07, 6.45) is 2.03. The van der Waals surface area contributed by atoms with Crippen molar-refractivity contribution in [1.29, 1.82) is 0 Å². The van der Waals surface area contributed by atoms with E-state index >= 15 is 0 Å². The van der Waals surface area contributed by atoms with Gasteiger partial charge in [-0.1, -0.05) is 43.2 Å². The molecule has 6 heteroatoms. The van der Waals surface area contributed by atoms with Crippen molar-refractivity contribution in [2.75, 3.05) is 5.88 Å². The Morgan fingerprint density at radius 1 is 1.19 bits per heavy atom. The first-order valence-corrected chi connectivity index (χ1v) is 7.43. The maximum Gasteiger partial charge on any atom is 0.408 e. The molecule has 0 aliphatic carbocycles. The molecule has 2 N–H and O–H groups in total. The van der Waals surface area contributed by atoms with E-state index in [0.29, 0.717) is 18.7 Å². The van der Waals surface area contributed by atoms with Crippen molar-refractivity contribution >= 4 is 23.7 Å². The Kier molecular flexibility index (Phi) is 8.28. The van der Waals surface area contributed by atoms with Gasteiger partial charge in [0.1, 0.15) is 12.6 Å². The molecule has 0 saturated heterocycles. The van der Waals surface area contributed by atoms with Crippen LogP contribution in [0, 0.1) is 0 Å². The Bertz CT molecular complexity index is 439. The average molecular weight is 314 g/mol. The maximum absolute atomic E-state index is 11.6. The summed E-state index contributed by atoms with van der Waals surface area (Å²) >= 11 is 5.56. The van der Waals surface area contributed by atoms with Gasteiger partial charge in [-0.3, -0.25) is 0 Å². The fourth-order valence-corrected chi connectivity index (χ4v) is 1.97. The van der Waals surface area contributed by atoms with Crippen molar-refractivity contribution in [1.82, 2.24) is 5.32 Å². The number of benzene rings is 1. The quantitative estimate of drug-likeness (QED) is 0.542. The maximum atomic E-state index is 11.6. The van der Waals surface area contributed by atoms with Gasteiger partial charge in [0.2, 0.25) is 0 Å². The SMILES string of the molecule is O=C(NC(CCCCCCl)C(=O)O)OCc1ccccc1. The summed E-state index contributed by atoms with van der Waals surface area (Å²) in [5, 5.41) is 11.4. The molecule has 0 aliphatic rings. The number of amides is 1. The van der Waals surface area contributed by atoms with Gasteiger partial charge in [-0.05, 0) is 18.4 Å². The molecule has 1 rings (SSSR count). The Morgan fingerprint density at radius 3 is 2.52 bits per heavy atom. The summed E-state index contributed by atoms with van der Waals surface area (Å²) in [5.41, 5.74) is 0.849. The lowest BCUT2D eigenvalue weighted by atomic mass is 10.1. The van der Waals surface area contributed by atoms with Crippen molar-refractivity contribution in [2.45, 2.75) is 38.3 Å². The Balaban J connectivity index is 2.33. The zero-order chi connectivity index (χ0) is 15.5. The number of hydrogen-bond donors (Lipinski definition) is 2. The predicted molar refractivity (Wildman–Crippen MR) is 80.4 cm³/mol. The van der Waals surface area contributed by atoms with Crippen LogP contribution in [0.15, 0.2) is 30.3 Å². The first kappa shape index (κ1) is 17.3. The van der Waals surface area contributed by atoms with Gasteiger partial charge in [0.15, 0.2) is 0 Å². The van der Waals surface area contributed by atoms with Crippen LogP contribution in [0.2, 0.25) is 0 Å². The Labute approximate surface area is 129 Å². The van der Waals surface area contributed by atoms with Gasteiger partial charge in [0, 0.05) is 5.88 Å². The zero-order valence-corrected chi connectivity index (χ0v) is 12.5. The molecule has 116 valence electrons. The number of carbonyl (C=O) groups excluding carboxylic acids is 1. The largest absolute Gasteiger partial charge is 0.480 e. The number of nitrogens with one attached hydrogen (secondary N) is 1. The topological polar surface area (TPSA) is 75.6 Å². The fourth-order valence-electron chi connectivity index (χ4n) is 1.78. The molecule has 5 nitrogen and oxygen atoms in total. The summed E-state index contributed by atoms with van der Waals surface area (Å²) in [6, 6.07) is 8.28. The molecule has 0 heterocycles. The van der Waals surface area contributed by atoms with Gasteiger partial charge >= 0.3 is 12.1 Å². The number of hydrogen-bond acceptors (Lipinski definition) is 3. The third-order valence-electron chi connectivity index (χ3n) is 2.93. The number of halogens is 1. The number of alkyl halides is 1. The van der Waals surface area contributed by atoms with Crippen LogP contribution in [-0.2, 0) is 16.1 Å². The van der Waals surface area contributed by atoms with Gasteiger partial charge in [-0.25, -0.2) is 9.59 Å². The number of carboxylic acids is 1. The fraction of sp³-hybridized carbons (Fsp3) is 0.467. The highest BCUT2D eigenvalue weighted by atomic mass is 35.5. The van der Waals surface area contributed by atoms with Crippen molar-refractivity contribution in [3.63, 3.8) is 0 Å². The number of carboxylic acid groups (broad SMARTS) is 1. The van der Waals surface area contributed by atoms with E-state index in [4.69, 9.17) is 21.4 Å². The summed E-state index contributed by atoms with van der Waals surface area (Å²) in [6.45, 7) is 0.116. The molecular weight excluding hydrogens is 294 g/mol. The highest BCUT2D eigenvalue weighted by Crippen LogP contribution is 2.06.